The summed E-state index contributed by atoms with van der Waals surface area (Å²) in [6.45, 7) is 0. The Morgan fingerprint density at radius 1 is 1.23 bits per heavy atom. The van der Waals surface area contributed by atoms with Gasteiger partial charge in [-0.25, -0.2) is 4.98 Å². The second-order valence-electron chi connectivity index (χ2n) is 4.62. The number of anilines is 2. The van der Waals surface area contributed by atoms with Gasteiger partial charge in [0.2, 0.25) is 0 Å². The van der Waals surface area contributed by atoms with Crippen LogP contribution in [-0.4, -0.2) is 11.0 Å². The zero-order valence-corrected chi connectivity index (χ0v) is 13.4. The van der Waals surface area contributed by atoms with E-state index in [0.717, 1.165) is 10.2 Å². The number of hydrogen-bond donors (Lipinski definition) is 1. The molecule has 112 valence electrons. The molecule has 2 aromatic carbocycles. The van der Waals surface area contributed by atoms with Gasteiger partial charge in [0.05, 0.1) is 20.9 Å². The monoisotopic (exact) mass is 351 g/mol. The van der Waals surface area contributed by atoms with Crippen LogP contribution in [0, 0.1) is 0 Å². The molecule has 0 spiro atoms. The number of carbonyl (C=O) groups excluding carboxylic acids is 1. The molecule has 1 N–H and O–H groups in total. The fourth-order valence-electron chi connectivity index (χ4n) is 2.00. The quantitative estimate of drug-likeness (QED) is 0.779. The average Bonchev–Trinajstić information content (AvgIpc) is 2.82. The Hall–Kier alpha value is -1.82. The van der Waals surface area contributed by atoms with Crippen molar-refractivity contribution in [2.45, 2.75) is 6.42 Å². The van der Waals surface area contributed by atoms with Crippen LogP contribution in [0.3, 0.4) is 0 Å². The maximum atomic E-state index is 10.6. The Labute approximate surface area is 140 Å². The lowest BCUT2D eigenvalue weighted by Gasteiger charge is -2.08. The van der Waals surface area contributed by atoms with E-state index in [-0.39, 0.29) is 6.42 Å². The van der Waals surface area contributed by atoms with Crippen LogP contribution in [0.4, 0.5) is 10.8 Å². The molecule has 3 aromatic rings. The summed E-state index contributed by atoms with van der Waals surface area (Å²) < 4.78 is 0.972. The number of halogens is 2. The molecule has 22 heavy (non-hydrogen) atoms. The van der Waals surface area contributed by atoms with Crippen molar-refractivity contribution in [3.05, 3.63) is 52.0 Å². The number of aliphatic carboxylic acids is 1. The Balaban J connectivity index is 1.86. The molecule has 7 heteroatoms. The van der Waals surface area contributed by atoms with Gasteiger partial charge in [-0.15, -0.1) is 0 Å². The highest BCUT2D eigenvalue weighted by Crippen LogP contribution is 2.32. The SMILES string of the molecule is O=C([O-])Cc1ccc(Nc2nc3ccc(Cl)cc3s2)c(Cl)c1. The minimum Gasteiger partial charge on any atom is -0.550 e. The first-order chi connectivity index (χ1) is 10.5. The van der Waals surface area contributed by atoms with Crippen LogP contribution in [0.1, 0.15) is 5.56 Å². The van der Waals surface area contributed by atoms with Gasteiger partial charge in [0.25, 0.3) is 0 Å². The van der Waals surface area contributed by atoms with Crippen LogP contribution in [-0.2, 0) is 11.2 Å². The molecule has 0 aliphatic rings. The summed E-state index contributed by atoms with van der Waals surface area (Å²) in [5, 5.41) is 15.5. The van der Waals surface area contributed by atoms with Crippen molar-refractivity contribution in [3.63, 3.8) is 0 Å². The number of benzene rings is 2. The van der Waals surface area contributed by atoms with E-state index in [2.05, 4.69) is 10.3 Å². The summed E-state index contributed by atoms with van der Waals surface area (Å²) in [5.74, 6) is -1.14. The van der Waals surface area contributed by atoms with Crippen LogP contribution in [0.15, 0.2) is 36.4 Å². The summed E-state index contributed by atoms with van der Waals surface area (Å²) in [7, 11) is 0. The van der Waals surface area contributed by atoms with Crippen molar-refractivity contribution >= 4 is 61.5 Å². The second-order valence-corrected chi connectivity index (χ2v) is 6.49. The molecule has 0 bridgehead atoms. The maximum absolute atomic E-state index is 10.6. The van der Waals surface area contributed by atoms with Crippen LogP contribution in [0.5, 0.6) is 0 Å². The molecule has 0 saturated carbocycles. The van der Waals surface area contributed by atoms with Crippen molar-refractivity contribution in [3.8, 4) is 0 Å². The van der Waals surface area contributed by atoms with Crippen LogP contribution in [0.25, 0.3) is 10.2 Å². The normalized spacial score (nSPS) is 10.8. The van der Waals surface area contributed by atoms with E-state index < -0.39 is 5.97 Å². The van der Waals surface area contributed by atoms with Gasteiger partial charge in [0.1, 0.15) is 0 Å². The van der Waals surface area contributed by atoms with Gasteiger partial charge < -0.3 is 15.2 Å². The number of rotatable bonds is 4. The Kier molecular flexibility index (Phi) is 4.20. The van der Waals surface area contributed by atoms with E-state index >= 15 is 0 Å². The minimum absolute atomic E-state index is 0.167. The molecule has 1 heterocycles. The zero-order valence-electron chi connectivity index (χ0n) is 11.1. The number of carboxylic acid groups (broad SMARTS) is 1. The van der Waals surface area contributed by atoms with Gasteiger partial charge in [-0.1, -0.05) is 40.6 Å². The Morgan fingerprint density at radius 2 is 2.05 bits per heavy atom. The lowest BCUT2D eigenvalue weighted by molar-refractivity contribution is -0.304. The molecule has 0 unspecified atom stereocenters. The van der Waals surface area contributed by atoms with Crippen LogP contribution >= 0.6 is 34.5 Å². The van der Waals surface area contributed by atoms with Crippen molar-refractivity contribution in [1.82, 2.24) is 4.98 Å². The van der Waals surface area contributed by atoms with Crippen molar-refractivity contribution in [1.29, 1.82) is 0 Å². The summed E-state index contributed by atoms with van der Waals surface area (Å²) in [4.78, 5) is 15.0. The standard InChI is InChI=1S/C15H10Cl2N2O2S/c16-9-2-4-12-13(7-9)22-15(19-12)18-11-3-1-8(5-10(11)17)6-14(20)21/h1-5,7H,6H2,(H,18,19)(H,20,21)/p-1. The summed E-state index contributed by atoms with van der Waals surface area (Å²) in [6.07, 6.45) is -0.167. The van der Waals surface area contributed by atoms with Gasteiger partial charge in [-0.05, 0) is 35.9 Å². The minimum atomic E-state index is -1.14. The van der Waals surface area contributed by atoms with E-state index in [1.165, 1.54) is 11.3 Å². The van der Waals surface area contributed by atoms with Crippen molar-refractivity contribution in [2.24, 2.45) is 0 Å². The lowest BCUT2D eigenvalue weighted by Crippen LogP contribution is -2.24. The fraction of sp³-hybridized carbons (Fsp3) is 0.0667. The van der Waals surface area contributed by atoms with Gasteiger partial charge in [-0.3, -0.25) is 0 Å². The number of thiazole rings is 1. The molecule has 0 saturated heterocycles. The predicted octanol–water partition coefficient (Wildman–Crippen LogP) is 3.64. The molecule has 4 nitrogen and oxygen atoms in total. The van der Waals surface area contributed by atoms with Gasteiger partial charge in [0, 0.05) is 17.4 Å². The summed E-state index contributed by atoms with van der Waals surface area (Å²) in [5.41, 5.74) is 2.10. The highest BCUT2D eigenvalue weighted by molar-refractivity contribution is 7.22. The largest absolute Gasteiger partial charge is 0.550 e. The number of aromatic nitrogens is 1. The first kappa shape index (κ1) is 15.1. The molecule has 0 aliphatic heterocycles. The van der Waals surface area contributed by atoms with E-state index in [1.807, 2.05) is 12.1 Å². The molecule has 0 fully saturated rings. The first-order valence-corrected chi connectivity index (χ1v) is 7.90. The number of carbonyl (C=O) groups is 1. The van der Waals surface area contributed by atoms with E-state index in [9.17, 15) is 9.90 Å². The molecule has 1 aromatic heterocycles. The predicted molar refractivity (Wildman–Crippen MR) is 88.1 cm³/mol. The van der Waals surface area contributed by atoms with Crippen LogP contribution in [0.2, 0.25) is 10.0 Å². The van der Waals surface area contributed by atoms with E-state index in [4.69, 9.17) is 23.2 Å². The Morgan fingerprint density at radius 3 is 2.77 bits per heavy atom. The van der Waals surface area contributed by atoms with Gasteiger partial charge >= 0.3 is 0 Å². The van der Waals surface area contributed by atoms with Crippen molar-refractivity contribution < 1.29 is 9.90 Å². The zero-order chi connectivity index (χ0) is 15.7. The lowest BCUT2D eigenvalue weighted by atomic mass is 10.1. The highest BCUT2D eigenvalue weighted by Gasteiger charge is 2.07. The fourth-order valence-corrected chi connectivity index (χ4v) is 3.41. The molecule has 0 aliphatic carbocycles. The average molecular weight is 352 g/mol. The smallest absolute Gasteiger partial charge is 0.188 e. The Bertz CT molecular complexity index is 864. The van der Waals surface area contributed by atoms with Gasteiger partial charge in [0.15, 0.2) is 5.13 Å². The number of hydrogen-bond acceptors (Lipinski definition) is 5. The van der Waals surface area contributed by atoms with E-state index in [0.29, 0.717) is 26.4 Å². The molecule has 0 amide bonds. The molecule has 0 radical (unpaired) electrons. The molecular weight excluding hydrogens is 343 g/mol. The third-order valence-electron chi connectivity index (χ3n) is 2.97. The van der Waals surface area contributed by atoms with Crippen LogP contribution < -0.4 is 10.4 Å². The number of nitrogens with zero attached hydrogens (tertiary/aromatic N) is 1. The third kappa shape index (κ3) is 3.32. The first-order valence-electron chi connectivity index (χ1n) is 6.32. The molecule has 3 rings (SSSR count). The molecule has 0 atom stereocenters. The second kappa shape index (κ2) is 6.12. The topological polar surface area (TPSA) is 65.0 Å². The van der Waals surface area contributed by atoms with Crippen molar-refractivity contribution in [2.75, 3.05) is 5.32 Å². The molecular formula is C15H9Cl2N2O2S-. The number of carboxylic acids is 1. The summed E-state index contributed by atoms with van der Waals surface area (Å²) in [6, 6.07) is 10.5. The van der Waals surface area contributed by atoms with Gasteiger partial charge in [-0.2, -0.15) is 0 Å². The highest BCUT2D eigenvalue weighted by atomic mass is 35.5. The number of nitrogens with one attached hydrogen (secondary N) is 1. The summed E-state index contributed by atoms with van der Waals surface area (Å²) >= 11 is 13.6. The number of fused-ring (bicyclic) bond motifs is 1. The van der Waals surface area contributed by atoms with E-state index in [1.54, 1.807) is 24.3 Å². The third-order valence-corrected chi connectivity index (χ3v) is 4.46. The maximum Gasteiger partial charge on any atom is 0.188 e.